The highest BCUT2D eigenvalue weighted by molar-refractivity contribution is 6.30. The topological polar surface area (TPSA) is 115 Å². The number of hydrogen-bond donors (Lipinski definition) is 2. The summed E-state index contributed by atoms with van der Waals surface area (Å²) in [4.78, 5) is 27.0. The van der Waals surface area contributed by atoms with Crippen molar-refractivity contribution in [3.05, 3.63) is 59.1 Å². The Kier molecular flexibility index (Phi) is 4.75. The molecule has 0 saturated heterocycles. The quantitative estimate of drug-likeness (QED) is 0.688. The maximum Gasteiger partial charge on any atom is 0.354 e. The Morgan fingerprint density at radius 3 is 2.68 bits per heavy atom. The normalized spacial score (nSPS) is 10.6. The van der Waals surface area contributed by atoms with E-state index in [9.17, 15) is 9.59 Å². The summed E-state index contributed by atoms with van der Waals surface area (Å²) >= 11 is 5.84. The van der Waals surface area contributed by atoms with E-state index in [0.717, 1.165) is 10.2 Å². The van der Waals surface area contributed by atoms with Gasteiger partial charge in [-0.3, -0.25) is 10.1 Å². The number of amides is 1. The maximum atomic E-state index is 12.0. The van der Waals surface area contributed by atoms with Crippen LogP contribution in [0.2, 0.25) is 5.02 Å². The van der Waals surface area contributed by atoms with Gasteiger partial charge >= 0.3 is 5.97 Å². The molecule has 2 N–H and O–H groups in total. The lowest BCUT2D eigenvalue weighted by Crippen LogP contribution is -2.22. The number of anilines is 1. The van der Waals surface area contributed by atoms with Crippen LogP contribution in [0.3, 0.4) is 0 Å². The summed E-state index contributed by atoms with van der Waals surface area (Å²) < 4.78 is 2.65. The van der Waals surface area contributed by atoms with Gasteiger partial charge in [-0.05, 0) is 23.8 Å². The molecule has 0 atom stereocenters. The van der Waals surface area contributed by atoms with Gasteiger partial charge in [-0.15, -0.1) is 5.10 Å². The van der Waals surface area contributed by atoms with E-state index in [0.29, 0.717) is 11.6 Å². The molecule has 2 aromatic heterocycles. The highest BCUT2D eigenvalue weighted by Gasteiger charge is 2.14. The number of hydrogen-bond acceptors (Lipinski definition) is 5. The molecule has 3 rings (SSSR count). The van der Waals surface area contributed by atoms with E-state index < -0.39 is 11.9 Å². The minimum Gasteiger partial charge on any atom is -0.477 e. The number of rotatable bonds is 6. The van der Waals surface area contributed by atoms with Crippen LogP contribution in [-0.4, -0.2) is 41.5 Å². The van der Waals surface area contributed by atoms with Gasteiger partial charge in [0, 0.05) is 11.2 Å². The molecule has 1 amide bonds. The molecule has 25 heavy (non-hydrogen) atoms. The molecule has 2 heterocycles. The van der Waals surface area contributed by atoms with Crippen molar-refractivity contribution in [2.75, 3.05) is 5.32 Å². The molecule has 0 aliphatic rings. The smallest absolute Gasteiger partial charge is 0.354 e. The fraction of sp³-hybridized carbons (Fsp3) is 0.133. The molecule has 0 aliphatic heterocycles. The lowest BCUT2D eigenvalue weighted by atomic mass is 10.2. The zero-order valence-electron chi connectivity index (χ0n) is 12.8. The summed E-state index contributed by atoms with van der Waals surface area (Å²) in [5.74, 6) is -1.51. The van der Waals surface area contributed by atoms with Crippen LogP contribution in [0, 0.1) is 0 Å². The first kappa shape index (κ1) is 16.7. The number of carbonyl (C=O) groups excluding carboxylic acids is 1. The van der Waals surface area contributed by atoms with E-state index in [4.69, 9.17) is 16.7 Å². The molecule has 0 fully saturated rings. The molecule has 0 radical (unpaired) electrons. The minimum atomic E-state index is -1.16. The monoisotopic (exact) mass is 360 g/mol. The zero-order chi connectivity index (χ0) is 17.8. The molecule has 1 aromatic carbocycles. The first-order valence-electron chi connectivity index (χ1n) is 7.20. The summed E-state index contributed by atoms with van der Waals surface area (Å²) in [6.07, 6.45) is 2.80. The van der Waals surface area contributed by atoms with E-state index >= 15 is 0 Å². The third kappa shape index (κ3) is 4.21. The van der Waals surface area contributed by atoms with Gasteiger partial charge in [0.15, 0.2) is 0 Å². The van der Waals surface area contributed by atoms with E-state index in [-0.39, 0.29) is 18.2 Å². The van der Waals surface area contributed by atoms with Crippen LogP contribution in [-0.2, 0) is 17.9 Å². The number of aromatic carboxylic acids is 1. The maximum absolute atomic E-state index is 12.0. The van der Waals surface area contributed by atoms with Crippen LogP contribution in [0.1, 0.15) is 16.1 Å². The van der Waals surface area contributed by atoms with E-state index in [1.807, 2.05) is 12.1 Å². The molecule has 0 unspecified atom stereocenters. The van der Waals surface area contributed by atoms with Crippen molar-refractivity contribution in [2.45, 2.75) is 13.1 Å². The first-order valence-corrected chi connectivity index (χ1v) is 7.58. The summed E-state index contributed by atoms with van der Waals surface area (Å²) in [5, 5.41) is 20.1. The van der Waals surface area contributed by atoms with Gasteiger partial charge in [0.2, 0.25) is 11.9 Å². The van der Waals surface area contributed by atoms with Crippen molar-refractivity contribution in [3.8, 4) is 0 Å². The number of aromatic nitrogens is 5. The minimum absolute atomic E-state index is 0.0728. The van der Waals surface area contributed by atoms with Gasteiger partial charge in [-0.25, -0.2) is 19.1 Å². The number of benzene rings is 1. The number of nitrogens with one attached hydrogen (secondary N) is 1. The van der Waals surface area contributed by atoms with Crippen LogP contribution in [0.15, 0.2) is 42.9 Å². The second-order valence-electron chi connectivity index (χ2n) is 5.12. The highest BCUT2D eigenvalue weighted by Crippen LogP contribution is 2.10. The number of carboxylic acids is 1. The molecule has 0 saturated carbocycles. The van der Waals surface area contributed by atoms with Crippen LogP contribution < -0.4 is 5.32 Å². The summed E-state index contributed by atoms with van der Waals surface area (Å²) in [6.45, 7) is 0.225. The average molecular weight is 361 g/mol. The second kappa shape index (κ2) is 7.14. The lowest BCUT2D eigenvalue weighted by molar-refractivity contribution is -0.117. The number of nitrogens with zero attached hydrogens (tertiary/aromatic N) is 5. The molecule has 10 heteroatoms. The molecular formula is C15H13ClN6O3. The predicted molar refractivity (Wildman–Crippen MR) is 88.4 cm³/mol. The van der Waals surface area contributed by atoms with Crippen molar-refractivity contribution >= 4 is 29.4 Å². The molecule has 0 bridgehead atoms. The van der Waals surface area contributed by atoms with Crippen LogP contribution in [0.5, 0.6) is 0 Å². The Bertz CT molecular complexity index is 902. The molecular weight excluding hydrogens is 348 g/mol. The largest absolute Gasteiger partial charge is 0.477 e. The highest BCUT2D eigenvalue weighted by atomic mass is 35.5. The number of carboxylic acid groups (broad SMARTS) is 1. The van der Waals surface area contributed by atoms with Crippen molar-refractivity contribution in [1.29, 1.82) is 0 Å². The molecule has 128 valence electrons. The Hall–Kier alpha value is -3.20. The average Bonchev–Trinajstić information content (AvgIpc) is 3.19. The molecule has 0 aliphatic carbocycles. The zero-order valence-corrected chi connectivity index (χ0v) is 13.6. The first-order chi connectivity index (χ1) is 12.0. The Morgan fingerprint density at radius 2 is 1.96 bits per heavy atom. The Morgan fingerprint density at radius 1 is 1.20 bits per heavy atom. The van der Waals surface area contributed by atoms with Gasteiger partial charge in [-0.1, -0.05) is 23.7 Å². The van der Waals surface area contributed by atoms with Gasteiger partial charge in [0.05, 0.1) is 6.54 Å². The fourth-order valence-corrected chi connectivity index (χ4v) is 2.27. The van der Waals surface area contributed by atoms with E-state index in [1.54, 1.807) is 16.8 Å². The second-order valence-corrected chi connectivity index (χ2v) is 5.56. The third-order valence-corrected chi connectivity index (χ3v) is 3.53. The van der Waals surface area contributed by atoms with E-state index in [2.05, 4.69) is 20.5 Å². The van der Waals surface area contributed by atoms with Gasteiger partial charge in [0.25, 0.3) is 0 Å². The Balaban J connectivity index is 1.61. The number of halogens is 1. The summed E-state index contributed by atoms with van der Waals surface area (Å²) in [7, 11) is 0. The van der Waals surface area contributed by atoms with E-state index in [1.165, 1.54) is 18.6 Å². The standard InChI is InChI=1S/C15H13ClN6O3/c16-11-3-1-10(2-4-11)7-21-9-17-15(20-21)19-13(23)8-22-12(14(24)25)5-6-18-22/h1-6,9H,7-8H2,(H,24,25)(H,19,20,23). The number of carbonyl (C=O) groups is 2. The van der Waals surface area contributed by atoms with Gasteiger partial charge < -0.3 is 5.11 Å². The van der Waals surface area contributed by atoms with Crippen LogP contribution in [0.4, 0.5) is 5.95 Å². The van der Waals surface area contributed by atoms with Gasteiger partial charge in [0.1, 0.15) is 18.6 Å². The van der Waals surface area contributed by atoms with Crippen molar-refractivity contribution in [3.63, 3.8) is 0 Å². The summed E-state index contributed by atoms with van der Waals surface area (Å²) in [6, 6.07) is 8.61. The van der Waals surface area contributed by atoms with Crippen molar-refractivity contribution < 1.29 is 14.7 Å². The van der Waals surface area contributed by atoms with Crippen molar-refractivity contribution in [1.82, 2.24) is 24.5 Å². The Labute approximate surface area is 146 Å². The SMILES string of the molecule is O=C(Cn1nccc1C(=O)O)Nc1ncn(Cc2ccc(Cl)cc2)n1. The molecule has 0 spiro atoms. The van der Waals surface area contributed by atoms with Crippen LogP contribution >= 0.6 is 11.6 Å². The molecule has 9 nitrogen and oxygen atoms in total. The fourth-order valence-electron chi connectivity index (χ4n) is 2.15. The van der Waals surface area contributed by atoms with Gasteiger partial charge in [-0.2, -0.15) is 5.10 Å². The van der Waals surface area contributed by atoms with Crippen molar-refractivity contribution in [2.24, 2.45) is 0 Å². The van der Waals surface area contributed by atoms with Crippen LogP contribution in [0.25, 0.3) is 0 Å². The third-order valence-electron chi connectivity index (χ3n) is 3.27. The lowest BCUT2D eigenvalue weighted by Gasteiger charge is -2.04. The molecule has 3 aromatic rings. The predicted octanol–water partition coefficient (Wildman–Crippen LogP) is 1.51. The summed E-state index contributed by atoms with van der Waals surface area (Å²) in [5.41, 5.74) is 0.909.